The van der Waals surface area contributed by atoms with Gasteiger partial charge in [-0.25, -0.2) is 0 Å². The predicted molar refractivity (Wildman–Crippen MR) is 61.4 cm³/mol. The molecule has 100 valence electrons. The van der Waals surface area contributed by atoms with Crippen LogP contribution in [0.25, 0.3) is 0 Å². The quantitative estimate of drug-likeness (QED) is 0.472. The van der Waals surface area contributed by atoms with Crippen LogP contribution < -0.4 is 5.32 Å². The van der Waals surface area contributed by atoms with E-state index in [9.17, 15) is 9.59 Å². The highest BCUT2D eigenvalue weighted by molar-refractivity contribution is 5.85. The number of carboxylic acid groups (broad SMARTS) is 1. The molecule has 6 heteroatoms. The number of nitrogens with one attached hydrogen (secondary N) is 1. The summed E-state index contributed by atoms with van der Waals surface area (Å²) in [7, 11) is 0. The number of carboxylic acids is 1. The monoisotopic (exact) mass is 247 g/mol. The number of amides is 1. The third-order valence-corrected chi connectivity index (χ3v) is 3.11. The first-order chi connectivity index (χ1) is 7.95. The molecule has 0 aliphatic heterocycles. The van der Waals surface area contributed by atoms with Gasteiger partial charge in [0, 0.05) is 6.42 Å². The van der Waals surface area contributed by atoms with Gasteiger partial charge in [-0.15, -0.1) is 0 Å². The van der Waals surface area contributed by atoms with Gasteiger partial charge >= 0.3 is 5.97 Å². The molecule has 0 rings (SSSR count). The van der Waals surface area contributed by atoms with Gasteiger partial charge in [-0.3, -0.25) is 9.59 Å². The van der Waals surface area contributed by atoms with Crippen LogP contribution in [0.1, 0.15) is 33.1 Å². The van der Waals surface area contributed by atoms with Gasteiger partial charge in [0.05, 0.1) is 24.7 Å². The molecule has 4 N–H and O–H groups in total. The molecule has 6 nitrogen and oxygen atoms in total. The van der Waals surface area contributed by atoms with E-state index in [0.717, 1.165) is 0 Å². The molecular formula is C11H21NO5. The van der Waals surface area contributed by atoms with Crippen molar-refractivity contribution in [2.75, 3.05) is 13.2 Å². The Morgan fingerprint density at radius 2 is 1.65 bits per heavy atom. The van der Waals surface area contributed by atoms with Crippen LogP contribution in [-0.4, -0.2) is 46.5 Å². The van der Waals surface area contributed by atoms with Crippen molar-refractivity contribution >= 4 is 11.9 Å². The van der Waals surface area contributed by atoms with Crippen LogP contribution in [0.4, 0.5) is 0 Å². The van der Waals surface area contributed by atoms with Crippen molar-refractivity contribution in [3.8, 4) is 0 Å². The number of rotatable bonds is 8. The summed E-state index contributed by atoms with van der Waals surface area (Å²) in [5, 5.41) is 29.1. The summed E-state index contributed by atoms with van der Waals surface area (Å²) < 4.78 is 0. The van der Waals surface area contributed by atoms with Gasteiger partial charge in [0.2, 0.25) is 5.91 Å². The lowest BCUT2D eigenvalue weighted by atomic mass is 9.79. The van der Waals surface area contributed by atoms with E-state index in [1.807, 2.05) is 0 Å². The summed E-state index contributed by atoms with van der Waals surface area (Å²) in [5.41, 5.74) is -1.07. The molecule has 0 fully saturated rings. The lowest BCUT2D eigenvalue weighted by molar-refractivity contribution is -0.152. The summed E-state index contributed by atoms with van der Waals surface area (Å²) in [4.78, 5) is 22.8. The topological polar surface area (TPSA) is 107 Å². The van der Waals surface area contributed by atoms with E-state index in [4.69, 9.17) is 15.3 Å². The number of hydrogen-bond donors (Lipinski definition) is 4. The summed E-state index contributed by atoms with van der Waals surface area (Å²) in [6.45, 7) is 2.70. The summed E-state index contributed by atoms with van der Waals surface area (Å²) in [5.74, 6) is -1.47. The Morgan fingerprint density at radius 3 is 1.94 bits per heavy atom. The van der Waals surface area contributed by atoms with E-state index >= 15 is 0 Å². The molecule has 0 aliphatic carbocycles. The number of carbonyl (C=O) groups excluding carboxylic acids is 1. The van der Waals surface area contributed by atoms with Crippen LogP contribution in [-0.2, 0) is 9.59 Å². The number of carbonyl (C=O) groups is 2. The number of aliphatic carboxylic acids is 1. The van der Waals surface area contributed by atoms with Gasteiger partial charge in [-0.05, 0) is 12.8 Å². The Bertz CT molecular complexity index is 259. The first-order valence-corrected chi connectivity index (χ1v) is 5.70. The Labute approximate surface area is 101 Å². The molecule has 0 saturated carbocycles. The summed E-state index contributed by atoms with van der Waals surface area (Å²) in [6, 6.07) is -0.734. The largest absolute Gasteiger partial charge is 0.481 e. The van der Waals surface area contributed by atoms with Gasteiger partial charge in [0.25, 0.3) is 0 Å². The maximum Gasteiger partial charge on any atom is 0.310 e. The molecule has 0 heterocycles. The van der Waals surface area contributed by atoms with Gasteiger partial charge in [0.1, 0.15) is 0 Å². The molecule has 0 aliphatic rings. The summed E-state index contributed by atoms with van der Waals surface area (Å²) >= 11 is 0. The van der Waals surface area contributed by atoms with Crippen molar-refractivity contribution in [3.63, 3.8) is 0 Å². The highest BCUT2D eigenvalue weighted by Gasteiger charge is 2.37. The molecule has 1 amide bonds. The first kappa shape index (κ1) is 15.9. The fourth-order valence-electron chi connectivity index (χ4n) is 1.61. The molecule has 0 saturated heterocycles. The van der Waals surface area contributed by atoms with Crippen molar-refractivity contribution in [3.05, 3.63) is 0 Å². The van der Waals surface area contributed by atoms with E-state index in [1.165, 1.54) is 0 Å². The Balaban J connectivity index is 4.57. The average molecular weight is 247 g/mol. The minimum Gasteiger partial charge on any atom is -0.481 e. The fourth-order valence-corrected chi connectivity index (χ4v) is 1.61. The number of aliphatic hydroxyl groups is 2. The molecule has 0 aromatic heterocycles. The number of hydrogen-bond acceptors (Lipinski definition) is 4. The second-order valence-corrected chi connectivity index (χ2v) is 4.10. The molecule has 0 bridgehead atoms. The van der Waals surface area contributed by atoms with Crippen LogP contribution in [0.2, 0.25) is 0 Å². The molecule has 0 atom stereocenters. The maximum atomic E-state index is 11.6. The molecular weight excluding hydrogens is 226 g/mol. The van der Waals surface area contributed by atoms with Crippen molar-refractivity contribution in [2.45, 2.75) is 39.2 Å². The molecule has 0 spiro atoms. The predicted octanol–water partition coefficient (Wildman–Crippen LogP) is -0.263. The Kier molecular flexibility index (Phi) is 6.75. The second kappa shape index (κ2) is 7.24. The molecule has 0 radical (unpaired) electrons. The third-order valence-electron chi connectivity index (χ3n) is 3.11. The zero-order valence-electron chi connectivity index (χ0n) is 10.3. The van der Waals surface area contributed by atoms with Gasteiger partial charge in [-0.1, -0.05) is 13.8 Å². The zero-order chi connectivity index (χ0) is 13.5. The average Bonchev–Trinajstić information content (AvgIpc) is 2.32. The van der Waals surface area contributed by atoms with Gasteiger partial charge in [0.15, 0.2) is 0 Å². The van der Waals surface area contributed by atoms with Crippen LogP contribution in [0.15, 0.2) is 0 Å². The molecule has 0 unspecified atom stereocenters. The van der Waals surface area contributed by atoms with Gasteiger partial charge in [-0.2, -0.15) is 0 Å². The minimum absolute atomic E-state index is 0.147. The van der Waals surface area contributed by atoms with Crippen LogP contribution in [0.3, 0.4) is 0 Å². The zero-order valence-corrected chi connectivity index (χ0v) is 10.3. The number of aliphatic hydroxyl groups excluding tert-OH is 2. The van der Waals surface area contributed by atoms with Crippen LogP contribution in [0.5, 0.6) is 0 Å². The van der Waals surface area contributed by atoms with Crippen molar-refractivity contribution < 1.29 is 24.9 Å². The smallest absolute Gasteiger partial charge is 0.310 e. The SMILES string of the molecule is CCC(CC)(CC(=O)NC(CO)CO)C(=O)O. The van der Waals surface area contributed by atoms with Crippen molar-refractivity contribution in [1.82, 2.24) is 5.32 Å². The maximum absolute atomic E-state index is 11.6. The summed E-state index contributed by atoms with van der Waals surface area (Å²) in [6.07, 6.45) is 0.566. The van der Waals surface area contributed by atoms with Crippen molar-refractivity contribution in [2.24, 2.45) is 5.41 Å². The Hall–Kier alpha value is -1.14. The second-order valence-electron chi connectivity index (χ2n) is 4.10. The third kappa shape index (κ3) is 4.32. The van der Waals surface area contributed by atoms with E-state index in [-0.39, 0.29) is 19.6 Å². The van der Waals surface area contributed by atoms with Crippen molar-refractivity contribution in [1.29, 1.82) is 0 Å². The Morgan fingerprint density at radius 1 is 1.18 bits per heavy atom. The molecule has 0 aromatic rings. The van der Waals surface area contributed by atoms with Gasteiger partial charge < -0.3 is 20.6 Å². The fraction of sp³-hybridized carbons (Fsp3) is 0.818. The lowest BCUT2D eigenvalue weighted by Crippen LogP contribution is -2.44. The van der Waals surface area contributed by atoms with E-state index in [1.54, 1.807) is 13.8 Å². The van der Waals surface area contributed by atoms with E-state index < -0.39 is 23.3 Å². The van der Waals surface area contributed by atoms with Crippen LogP contribution >= 0.6 is 0 Å². The van der Waals surface area contributed by atoms with E-state index in [2.05, 4.69) is 5.32 Å². The minimum atomic E-state index is -1.07. The normalized spacial score (nSPS) is 11.6. The highest BCUT2D eigenvalue weighted by atomic mass is 16.4. The standard InChI is InChI=1S/C11H21NO5/c1-3-11(4-2,10(16)17)5-9(15)12-8(6-13)7-14/h8,13-14H,3-7H2,1-2H3,(H,12,15)(H,16,17). The first-order valence-electron chi connectivity index (χ1n) is 5.70. The lowest BCUT2D eigenvalue weighted by Gasteiger charge is -2.26. The van der Waals surface area contributed by atoms with E-state index in [0.29, 0.717) is 12.8 Å². The molecule has 17 heavy (non-hydrogen) atoms. The molecule has 0 aromatic carbocycles. The highest BCUT2D eigenvalue weighted by Crippen LogP contribution is 2.30. The van der Waals surface area contributed by atoms with Crippen LogP contribution in [0, 0.1) is 5.41 Å².